The fourth-order valence-corrected chi connectivity index (χ4v) is 7.72. The second-order valence-electron chi connectivity index (χ2n) is 10.3. The number of hydrogen-bond donors (Lipinski definition) is 2. The number of thiazole rings is 1. The Labute approximate surface area is 244 Å². The van der Waals surface area contributed by atoms with Gasteiger partial charge >= 0.3 is 5.97 Å². The van der Waals surface area contributed by atoms with Crippen LogP contribution in [0.25, 0.3) is 10.6 Å². The molecule has 3 aliphatic heterocycles. The molecule has 0 unspecified atom stereocenters. The molecule has 206 valence electrons. The zero-order valence-electron chi connectivity index (χ0n) is 21.3. The van der Waals surface area contributed by atoms with Gasteiger partial charge in [0, 0.05) is 56.3 Å². The minimum absolute atomic E-state index is 0.101. The van der Waals surface area contributed by atoms with Crippen molar-refractivity contribution in [2.75, 3.05) is 61.0 Å². The Morgan fingerprint density at radius 2 is 1.97 bits per heavy atom. The standard InChI is InChI=1S/C26H28Cl2N6O3S2/c1-2-37-24(36)15-3-5-33(6-4-15)21-18(28)7-16(9-30-21)22(35)32-25-31-20(19-8-17(27)10-38-19)23(39-25)34-13-26(14-34)11-29-12-26/h7-10,15,29H,2-6,11-14H2,1H3,(H,31,32,35). The molecule has 3 fully saturated rings. The van der Waals surface area contributed by atoms with Gasteiger partial charge in [0.1, 0.15) is 16.5 Å². The Bertz CT molecular complexity index is 1390. The third-order valence-corrected chi connectivity index (χ3v) is 10.1. The highest BCUT2D eigenvalue weighted by atomic mass is 35.5. The number of piperidine rings is 1. The van der Waals surface area contributed by atoms with Crippen LogP contribution in [0.2, 0.25) is 10.0 Å². The summed E-state index contributed by atoms with van der Waals surface area (Å²) in [5.41, 5.74) is 1.55. The van der Waals surface area contributed by atoms with Crippen molar-refractivity contribution in [1.29, 1.82) is 0 Å². The maximum absolute atomic E-state index is 13.2. The van der Waals surface area contributed by atoms with Crippen molar-refractivity contribution in [3.8, 4) is 10.6 Å². The summed E-state index contributed by atoms with van der Waals surface area (Å²) >= 11 is 15.8. The average Bonchev–Trinajstić information content (AvgIpc) is 3.48. The smallest absolute Gasteiger partial charge is 0.309 e. The Hall–Kier alpha value is -2.44. The summed E-state index contributed by atoms with van der Waals surface area (Å²) in [6, 6.07) is 3.54. The summed E-state index contributed by atoms with van der Waals surface area (Å²) in [5, 5.41) is 10.8. The summed E-state index contributed by atoms with van der Waals surface area (Å²) in [6.07, 6.45) is 2.89. The predicted octanol–water partition coefficient (Wildman–Crippen LogP) is 5.01. The van der Waals surface area contributed by atoms with Crippen LogP contribution in [0.5, 0.6) is 0 Å². The number of pyridine rings is 1. The quantitative estimate of drug-likeness (QED) is 0.362. The van der Waals surface area contributed by atoms with Crippen molar-refractivity contribution in [2.24, 2.45) is 11.3 Å². The first-order chi connectivity index (χ1) is 18.8. The molecular weight excluding hydrogens is 579 g/mol. The Morgan fingerprint density at radius 3 is 2.59 bits per heavy atom. The van der Waals surface area contributed by atoms with Gasteiger partial charge in [-0.1, -0.05) is 34.5 Å². The van der Waals surface area contributed by atoms with E-state index in [9.17, 15) is 9.59 Å². The highest BCUT2D eigenvalue weighted by Crippen LogP contribution is 2.47. The summed E-state index contributed by atoms with van der Waals surface area (Å²) in [6.45, 7) is 7.52. The molecule has 9 nitrogen and oxygen atoms in total. The number of nitrogens with zero attached hydrogens (tertiary/aromatic N) is 4. The van der Waals surface area contributed by atoms with Gasteiger partial charge in [0.15, 0.2) is 5.13 Å². The van der Waals surface area contributed by atoms with Crippen molar-refractivity contribution >= 4 is 73.7 Å². The number of thiophene rings is 1. The van der Waals surface area contributed by atoms with Gasteiger partial charge in [-0.3, -0.25) is 14.9 Å². The van der Waals surface area contributed by atoms with E-state index in [-0.39, 0.29) is 17.8 Å². The number of carbonyl (C=O) groups excluding carboxylic acids is 2. The highest BCUT2D eigenvalue weighted by Gasteiger charge is 2.48. The molecule has 0 aromatic carbocycles. The van der Waals surface area contributed by atoms with E-state index < -0.39 is 0 Å². The van der Waals surface area contributed by atoms with Gasteiger partial charge in [-0.2, -0.15) is 0 Å². The van der Waals surface area contributed by atoms with Crippen LogP contribution in [0.3, 0.4) is 0 Å². The lowest BCUT2D eigenvalue weighted by Gasteiger charge is -2.56. The van der Waals surface area contributed by atoms with Crippen molar-refractivity contribution in [3.63, 3.8) is 0 Å². The van der Waals surface area contributed by atoms with E-state index in [0.29, 0.717) is 64.5 Å². The second kappa shape index (κ2) is 10.9. The normalized spacial score (nSPS) is 18.5. The molecule has 2 N–H and O–H groups in total. The Balaban J connectivity index is 1.15. The van der Waals surface area contributed by atoms with Crippen molar-refractivity contribution < 1.29 is 14.3 Å². The third kappa shape index (κ3) is 5.35. The van der Waals surface area contributed by atoms with E-state index in [0.717, 1.165) is 41.8 Å². The van der Waals surface area contributed by atoms with Gasteiger partial charge in [-0.05, 0) is 31.9 Å². The van der Waals surface area contributed by atoms with Crippen molar-refractivity contribution in [2.45, 2.75) is 19.8 Å². The lowest BCUT2D eigenvalue weighted by atomic mass is 9.74. The van der Waals surface area contributed by atoms with Crippen LogP contribution in [0.4, 0.5) is 16.0 Å². The third-order valence-electron chi connectivity index (χ3n) is 7.47. The summed E-state index contributed by atoms with van der Waals surface area (Å²) in [7, 11) is 0. The average molecular weight is 608 g/mol. The monoisotopic (exact) mass is 606 g/mol. The molecule has 3 aromatic rings. The van der Waals surface area contributed by atoms with E-state index in [1.165, 1.54) is 17.5 Å². The van der Waals surface area contributed by atoms with Crippen molar-refractivity contribution in [3.05, 3.63) is 39.3 Å². The molecule has 3 aliphatic rings. The Morgan fingerprint density at radius 1 is 1.21 bits per heavy atom. The first-order valence-electron chi connectivity index (χ1n) is 12.9. The number of halogens is 2. The largest absolute Gasteiger partial charge is 0.466 e. The van der Waals surface area contributed by atoms with Gasteiger partial charge < -0.3 is 19.9 Å². The molecule has 0 saturated carbocycles. The summed E-state index contributed by atoms with van der Waals surface area (Å²) in [5.74, 6) is 0.0421. The second-order valence-corrected chi connectivity index (χ2v) is 13.0. The van der Waals surface area contributed by atoms with Gasteiger partial charge in [0.05, 0.1) is 33.0 Å². The Kier molecular flexibility index (Phi) is 7.45. The number of aromatic nitrogens is 2. The maximum Gasteiger partial charge on any atom is 0.309 e. The van der Waals surface area contributed by atoms with Crippen LogP contribution in [-0.4, -0.2) is 67.7 Å². The molecule has 3 saturated heterocycles. The molecular formula is C26H28Cl2N6O3S2. The van der Waals surface area contributed by atoms with Crippen molar-refractivity contribution in [1.82, 2.24) is 15.3 Å². The van der Waals surface area contributed by atoms with E-state index in [1.807, 2.05) is 23.3 Å². The minimum Gasteiger partial charge on any atom is -0.466 e. The van der Waals surface area contributed by atoms with Gasteiger partial charge in [-0.25, -0.2) is 9.97 Å². The zero-order chi connectivity index (χ0) is 27.1. The summed E-state index contributed by atoms with van der Waals surface area (Å²) < 4.78 is 5.15. The van der Waals surface area contributed by atoms with Gasteiger partial charge in [0.2, 0.25) is 0 Å². The molecule has 0 bridgehead atoms. The zero-order valence-corrected chi connectivity index (χ0v) is 24.5. The van der Waals surface area contributed by atoms with E-state index >= 15 is 0 Å². The molecule has 1 spiro atoms. The first kappa shape index (κ1) is 26.8. The minimum atomic E-state index is -0.323. The number of esters is 1. The number of amides is 1. The molecule has 6 heterocycles. The number of carbonyl (C=O) groups is 2. The first-order valence-corrected chi connectivity index (χ1v) is 15.4. The molecule has 0 aliphatic carbocycles. The number of anilines is 3. The van der Waals surface area contributed by atoms with E-state index in [1.54, 1.807) is 17.4 Å². The molecule has 3 aromatic heterocycles. The lowest BCUT2D eigenvalue weighted by molar-refractivity contribution is -0.148. The van der Waals surface area contributed by atoms with Crippen LogP contribution in [0.15, 0.2) is 23.7 Å². The van der Waals surface area contributed by atoms with Crippen LogP contribution in [0.1, 0.15) is 30.1 Å². The fraction of sp³-hybridized carbons (Fsp3) is 0.462. The lowest BCUT2D eigenvalue weighted by Crippen LogP contribution is -2.71. The van der Waals surface area contributed by atoms with Crippen LogP contribution >= 0.6 is 45.9 Å². The molecule has 0 atom stereocenters. The molecule has 1 amide bonds. The molecule has 0 radical (unpaired) electrons. The molecule has 6 rings (SSSR count). The molecule has 39 heavy (non-hydrogen) atoms. The maximum atomic E-state index is 13.2. The number of nitrogens with one attached hydrogen (secondary N) is 2. The SMILES string of the molecule is CCOC(=O)C1CCN(c2ncc(C(=O)Nc3nc(-c4cc(Cl)cs4)c(N4CC5(CNC5)C4)s3)cc2Cl)CC1. The number of rotatable bonds is 7. The van der Waals surface area contributed by atoms with E-state index in [2.05, 4.69) is 20.5 Å². The molecule has 13 heteroatoms. The number of ether oxygens (including phenoxy) is 1. The van der Waals surface area contributed by atoms with Crippen LogP contribution < -0.4 is 20.4 Å². The summed E-state index contributed by atoms with van der Waals surface area (Å²) in [4.78, 5) is 39.8. The van der Waals surface area contributed by atoms with Crippen LogP contribution in [0, 0.1) is 11.3 Å². The van der Waals surface area contributed by atoms with E-state index in [4.69, 9.17) is 32.9 Å². The van der Waals surface area contributed by atoms with Gasteiger partial charge in [0.25, 0.3) is 5.91 Å². The number of hydrogen-bond acceptors (Lipinski definition) is 10. The fourth-order valence-electron chi connectivity index (χ4n) is 5.33. The van der Waals surface area contributed by atoms with Crippen LogP contribution in [-0.2, 0) is 9.53 Å². The predicted molar refractivity (Wildman–Crippen MR) is 157 cm³/mol. The topological polar surface area (TPSA) is 99.7 Å². The van der Waals surface area contributed by atoms with Gasteiger partial charge in [-0.15, -0.1) is 11.3 Å². The highest BCUT2D eigenvalue weighted by molar-refractivity contribution is 7.21.